The van der Waals surface area contributed by atoms with Crippen molar-refractivity contribution in [1.82, 2.24) is 0 Å². The van der Waals surface area contributed by atoms with Gasteiger partial charge in [0.15, 0.2) is 11.6 Å². The lowest BCUT2D eigenvalue weighted by Gasteiger charge is -2.08. The Kier molecular flexibility index (Phi) is 7.87. The van der Waals surface area contributed by atoms with Crippen LogP contribution in [0.25, 0.3) is 10.8 Å². The Hall–Kier alpha value is -2.62. The molecule has 0 spiro atoms. The van der Waals surface area contributed by atoms with Crippen LogP contribution in [0, 0.1) is 5.82 Å². The van der Waals surface area contributed by atoms with Crippen molar-refractivity contribution in [3.63, 3.8) is 0 Å². The van der Waals surface area contributed by atoms with Crippen LogP contribution in [0.2, 0.25) is 0 Å². The molecule has 0 unspecified atom stereocenters. The van der Waals surface area contributed by atoms with Crippen LogP contribution >= 0.6 is 0 Å². The van der Waals surface area contributed by atoms with Crippen LogP contribution in [0.4, 0.5) is 4.39 Å². The molecular weight excluding hydrogens is 331 g/mol. The van der Waals surface area contributed by atoms with E-state index in [4.69, 9.17) is 9.15 Å². The first-order chi connectivity index (χ1) is 12.7. The van der Waals surface area contributed by atoms with E-state index in [1.807, 2.05) is 25.2 Å². The molecule has 0 bridgehead atoms. The van der Waals surface area contributed by atoms with Crippen LogP contribution in [-0.4, -0.2) is 6.61 Å². The highest BCUT2D eigenvalue weighted by Gasteiger charge is 2.14. The molecular formula is C22H25FO3. The summed E-state index contributed by atoms with van der Waals surface area (Å²) < 4.78 is 25.3. The molecule has 0 aliphatic heterocycles. The van der Waals surface area contributed by atoms with Gasteiger partial charge in [-0.3, -0.25) is 0 Å². The van der Waals surface area contributed by atoms with Crippen LogP contribution in [-0.2, 0) is 6.42 Å². The van der Waals surface area contributed by atoms with Crippen LogP contribution < -0.4 is 10.4 Å². The zero-order valence-corrected chi connectivity index (χ0v) is 15.2. The normalized spacial score (nSPS) is 11.6. The lowest BCUT2D eigenvalue weighted by atomic mass is 10.1. The molecule has 0 N–H and O–H groups in total. The van der Waals surface area contributed by atoms with E-state index < -0.39 is 11.4 Å². The average molecular weight is 356 g/mol. The first-order valence-electron chi connectivity index (χ1n) is 8.92. The molecule has 0 fully saturated rings. The van der Waals surface area contributed by atoms with Crippen molar-refractivity contribution in [1.29, 1.82) is 0 Å². The minimum Gasteiger partial charge on any atom is -0.490 e. The molecule has 0 saturated heterocycles. The number of fused-ring (bicyclic) bond motifs is 1. The first kappa shape index (κ1) is 19.7. The van der Waals surface area contributed by atoms with E-state index in [1.165, 1.54) is 0 Å². The first-order valence-corrected chi connectivity index (χ1v) is 8.92. The Morgan fingerprint density at radius 2 is 1.96 bits per heavy atom. The van der Waals surface area contributed by atoms with E-state index in [0.29, 0.717) is 30.6 Å². The fourth-order valence-corrected chi connectivity index (χ4v) is 2.59. The number of allylic oxidation sites excluding steroid dienone is 4. The minimum absolute atomic E-state index is 0.0567. The van der Waals surface area contributed by atoms with Gasteiger partial charge < -0.3 is 9.15 Å². The Morgan fingerprint density at radius 3 is 2.73 bits per heavy atom. The van der Waals surface area contributed by atoms with Crippen LogP contribution in [0.1, 0.15) is 38.4 Å². The smallest absolute Gasteiger partial charge is 0.346 e. The third-order valence-electron chi connectivity index (χ3n) is 3.92. The second kappa shape index (κ2) is 10.4. The van der Waals surface area contributed by atoms with Crippen LogP contribution in [0.3, 0.4) is 0 Å². The number of halogens is 1. The van der Waals surface area contributed by atoms with E-state index in [2.05, 4.69) is 18.7 Å². The standard InChI is InChI=1S/C22H25FO3/c1-3-5-7-8-9-10-12-18-16-17-13-14-19(25-15-11-6-4-2)21(23)20(17)22(24)26-18/h3-4,6,8-9,13-14,16H,1,5,7,10-12,15H2,2H3/b6-4+,9-8+. The number of ether oxygens (including phenoxy) is 1. The lowest BCUT2D eigenvalue weighted by Crippen LogP contribution is -2.06. The maximum atomic E-state index is 14.6. The van der Waals surface area contributed by atoms with Crippen molar-refractivity contribution in [3.05, 3.63) is 77.2 Å². The molecule has 0 radical (unpaired) electrons. The summed E-state index contributed by atoms with van der Waals surface area (Å²) in [7, 11) is 0. The van der Waals surface area contributed by atoms with Gasteiger partial charge in [-0.2, -0.15) is 0 Å². The molecule has 4 heteroatoms. The Labute approximate surface area is 153 Å². The predicted octanol–water partition coefficient (Wildman–Crippen LogP) is 5.73. The van der Waals surface area contributed by atoms with Gasteiger partial charge in [0.2, 0.25) is 0 Å². The van der Waals surface area contributed by atoms with E-state index in [1.54, 1.807) is 18.2 Å². The van der Waals surface area contributed by atoms with Gasteiger partial charge in [-0.1, -0.05) is 36.4 Å². The number of hydrogen-bond donors (Lipinski definition) is 0. The fourth-order valence-electron chi connectivity index (χ4n) is 2.59. The van der Waals surface area contributed by atoms with Gasteiger partial charge in [-0.25, -0.2) is 9.18 Å². The average Bonchev–Trinajstić information content (AvgIpc) is 2.63. The van der Waals surface area contributed by atoms with Crippen molar-refractivity contribution in [2.45, 2.75) is 39.0 Å². The largest absolute Gasteiger partial charge is 0.490 e. The molecule has 2 aromatic rings. The summed E-state index contributed by atoms with van der Waals surface area (Å²) >= 11 is 0. The number of unbranched alkanes of at least 4 members (excludes halogenated alkanes) is 1. The van der Waals surface area contributed by atoms with Crippen molar-refractivity contribution >= 4 is 10.8 Å². The molecule has 1 aromatic carbocycles. The summed E-state index contributed by atoms with van der Waals surface area (Å²) in [4.78, 5) is 12.2. The summed E-state index contributed by atoms with van der Waals surface area (Å²) in [6.45, 7) is 5.95. The van der Waals surface area contributed by atoms with Gasteiger partial charge in [0, 0.05) is 6.42 Å². The molecule has 1 heterocycles. The third-order valence-corrected chi connectivity index (χ3v) is 3.92. The molecule has 0 saturated carbocycles. The highest BCUT2D eigenvalue weighted by Crippen LogP contribution is 2.25. The van der Waals surface area contributed by atoms with Crippen molar-refractivity contribution in [2.75, 3.05) is 6.61 Å². The lowest BCUT2D eigenvalue weighted by molar-refractivity contribution is 0.309. The van der Waals surface area contributed by atoms with Gasteiger partial charge in [-0.05, 0) is 50.1 Å². The zero-order valence-electron chi connectivity index (χ0n) is 15.2. The van der Waals surface area contributed by atoms with Crippen molar-refractivity contribution in [3.8, 4) is 5.75 Å². The second-order valence-corrected chi connectivity index (χ2v) is 5.92. The summed E-state index contributed by atoms with van der Waals surface area (Å²) in [5.74, 6) is -0.0307. The van der Waals surface area contributed by atoms with Gasteiger partial charge >= 0.3 is 5.63 Å². The zero-order chi connectivity index (χ0) is 18.8. The highest BCUT2D eigenvalue weighted by atomic mass is 19.1. The maximum Gasteiger partial charge on any atom is 0.346 e. The summed E-state index contributed by atoms with van der Waals surface area (Å²) in [6, 6.07) is 4.98. The van der Waals surface area contributed by atoms with Gasteiger partial charge in [0.05, 0.1) is 6.61 Å². The number of benzene rings is 1. The Morgan fingerprint density at radius 1 is 1.15 bits per heavy atom. The Bertz CT molecular complexity index is 846. The van der Waals surface area contributed by atoms with Gasteiger partial charge in [-0.15, -0.1) is 6.58 Å². The number of aryl methyl sites for hydroxylation is 1. The minimum atomic E-state index is -0.662. The van der Waals surface area contributed by atoms with E-state index in [-0.39, 0.29) is 11.1 Å². The maximum absolute atomic E-state index is 14.6. The predicted molar refractivity (Wildman–Crippen MR) is 104 cm³/mol. The molecule has 0 aliphatic carbocycles. The number of hydrogen-bond acceptors (Lipinski definition) is 3. The quantitative estimate of drug-likeness (QED) is 0.403. The molecule has 0 amide bonds. The SMILES string of the molecule is C=CCC/C=C/CCc1cc2ccc(OCC/C=C/C)c(F)c2c(=O)o1. The Balaban J connectivity index is 2.12. The summed E-state index contributed by atoms with van der Waals surface area (Å²) in [5.41, 5.74) is -0.662. The van der Waals surface area contributed by atoms with Gasteiger partial charge in [0.25, 0.3) is 0 Å². The van der Waals surface area contributed by atoms with Crippen molar-refractivity contribution in [2.24, 2.45) is 0 Å². The van der Waals surface area contributed by atoms with Crippen LogP contribution in [0.5, 0.6) is 5.75 Å². The molecule has 1 aromatic heterocycles. The topological polar surface area (TPSA) is 39.4 Å². The summed E-state index contributed by atoms with van der Waals surface area (Å²) in [5, 5.41) is 0.476. The second-order valence-electron chi connectivity index (χ2n) is 5.92. The molecule has 26 heavy (non-hydrogen) atoms. The van der Waals surface area contributed by atoms with Crippen molar-refractivity contribution < 1.29 is 13.5 Å². The number of rotatable bonds is 10. The molecule has 2 rings (SSSR count). The van der Waals surface area contributed by atoms with E-state index >= 15 is 0 Å². The monoisotopic (exact) mass is 356 g/mol. The third kappa shape index (κ3) is 5.45. The fraction of sp³-hybridized carbons (Fsp3) is 0.318. The van der Waals surface area contributed by atoms with Gasteiger partial charge in [0.1, 0.15) is 11.1 Å². The van der Waals surface area contributed by atoms with E-state index in [9.17, 15) is 9.18 Å². The highest BCUT2D eigenvalue weighted by molar-refractivity contribution is 5.83. The molecule has 138 valence electrons. The van der Waals surface area contributed by atoms with E-state index in [0.717, 1.165) is 19.3 Å². The molecule has 0 atom stereocenters. The molecule has 3 nitrogen and oxygen atoms in total. The van der Waals surface area contributed by atoms with Crippen LogP contribution in [0.15, 0.2) is 64.4 Å². The molecule has 0 aliphatic rings. The summed E-state index contributed by atoms with van der Waals surface area (Å²) in [6.07, 6.45) is 13.8.